The minimum Gasteiger partial charge on any atom is -0.498 e. The van der Waals surface area contributed by atoms with E-state index in [9.17, 15) is 4.79 Å². The Balaban J connectivity index is 2.32. The topological polar surface area (TPSA) is 46.5 Å². The molecule has 0 spiro atoms. The van der Waals surface area contributed by atoms with Gasteiger partial charge in [0.15, 0.2) is 0 Å². The second-order valence-electron chi connectivity index (χ2n) is 6.75. The van der Waals surface area contributed by atoms with Gasteiger partial charge in [-0.2, -0.15) is 0 Å². The van der Waals surface area contributed by atoms with Gasteiger partial charge in [0.2, 0.25) is 0 Å². The average Bonchev–Trinajstić information content (AvgIpc) is 2.82. The van der Waals surface area contributed by atoms with Crippen LogP contribution in [-0.2, 0) is 9.53 Å². The van der Waals surface area contributed by atoms with Crippen LogP contribution in [0.4, 0.5) is 0 Å². The summed E-state index contributed by atoms with van der Waals surface area (Å²) in [6.45, 7) is 8.50. The molecule has 0 amide bonds. The van der Waals surface area contributed by atoms with E-state index in [0.29, 0.717) is 18.3 Å². The molecule has 0 aliphatic heterocycles. The van der Waals surface area contributed by atoms with Crippen LogP contribution >= 0.6 is 11.6 Å². The Hall–Kier alpha value is -1.22. The lowest BCUT2D eigenvalue weighted by atomic mass is 9.90. The first-order valence-corrected chi connectivity index (χ1v) is 9.31. The molecule has 1 aliphatic carbocycles. The molecule has 3 nitrogen and oxygen atoms in total. The van der Waals surface area contributed by atoms with Gasteiger partial charge in [-0.25, -0.2) is 0 Å². The van der Waals surface area contributed by atoms with Gasteiger partial charge >= 0.3 is 5.97 Å². The Morgan fingerprint density at radius 1 is 1.33 bits per heavy atom. The molecular weight excluding hydrogens is 324 g/mol. The quantitative estimate of drug-likeness (QED) is 0.170. The number of alkyl halides is 1. The maximum atomic E-state index is 10.5. The Morgan fingerprint density at radius 2 is 2.08 bits per heavy atom. The zero-order valence-corrected chi connectivity index (χ0v) is 15.7. The van der Waals surface area contributed by atoms with Gasteiger partial charge in [0, 0.05) is 11.8 Å². The van der Waals surface area contributed by atoms with Gasteiger partial charge in [-0.15, -0.1) is 11.6 Å². The van der Waals surface area contributed by atoms with E-state index < -0.39 is 5.97 Å². The minimum absolute atomic E-state index is 0.239. The van der Waals surface area contributed by atoms with Gasteiger partial charge in [-0.05, 0) is 70.3 Å². The second-order valence-corrected chi connectivity index (χ2v) is 7.31. The fraction of sp³-hybridized carbons (Fsp3) is 0.650. The van der Waals surface area contributed by atoms with Crippen LogP contribution in [0, 0.1) is 11.8 Å². The Labute approximate surface area is 151 Å². The highest BCUT2D eigenvalue weighted by Gasteiger charge is 2.33. The number of halogens is 1. The van der Waals surface area contributed by atoms with Gasteiger partial charge < -0.3 is 9.84 Å². The average molecular weight is 355 g/mol. The molecule has 0 saturated heterocycles. The van der Waals surface area contributed by atoms with Crippen molar-refractivity contribution < 1.29 is 14.6 Å². The molecule has 0 aromatic rings. The standard InChI is InChI=1S/C20H31ClO3/c1-15(2)14-16(3)24-13-12-17-10-11-19(21)18(17)8-6-4-5-7-9-20(22)23/h4,6,14,17-19H,1,5,7-13H2,2-3H3,(H,22,23)/b6-4-,16-14+/t17?,18-,19-/m1/s1. The molecule has 136 valence electrons. The van der Waals surface area contributed by atoms with Crippen molar-refractivity contribution in [2.45, 2.75) is 64.2 Å². The molecule has 0 aromatic carbocycles. The third-order valence-corrected chi connectivity index (χ3v) is 5.03. The van der Waals surface area contributed by atoms with Crippen LogP contribution in [0.1, 0.15) is 58.8 Å². The maximum Gasteiger partial charge on any atom is 0.303 e. The van der Waals surface area contributed by atoms with Crippen molar-refractivity contribution in [1.29, 1.82) is 0 Å². The fourth-order valence-corrected chi connectivity index (χ4v) is 3.73. The van der Waals surface area contributed by atoms with Gasteiger partial charge in [-0.3, -0.25) is 4.79 Å². The summed E-state index contributed by atoms with van der Waals surface area (Å²) in [7, 11) is 0. The summed E-state index contributed by atoms with van der Waals surface area (Å²) in [4.78, 5) is 10.5. The van der Waals surface area contributed by atoms with E-state index in [4.69, 9.17) is 21.4 Å². The van der Waals surface area contributed by atoms with Crippen molar-refractivity contribution in [2.75, 3.05) is 6.61 Å². The smallest absolute Gasteiger partial charge is 0.303 e. The number of carbonyl (C=O) groups is 1. The molecule has 1 fully saturated rings. The Morgan fingerprint density at radius 3 is 2.75 bits per heavy atom. The van der Waals surface area contributed by atoms with Crippen molar-refractivity contribution in [2.24, 2.45) is 11.8 Å². The number of allylic oxidation sites excluding steroid dienone is 5. The first-order chi connectivity index (χ1) is 11.4. The van der Waals surface area contributed by atoms with Crippen molar-refractivity contribution >= 4 is 17.6 Å². The molecule has 0 aromatic heterocycles. The largest absolute Gasteiger partial charge is 0.498 e. The number of hydrogen-bond donors (Lipinski definition) is 1. The first kappa shape index (κ1) is 20.8. The summed E-state index contributed by atoms with van der Waals surface area (Å²) < 4.78 is 5.76. The maximum absolute atomic E-state index is 10.5. The molecule has 0 heterocycles. The highest BCUT2D eigenvalue weighted by atomic mass is 35.5. The number of ether oxygens (including phenoxy) is 1. The summed E-state index contributed by atoms with van der Waals surface area (Å²) in [5.41, 5.74) is 1.00. The normalized spacial score (nSPS) is 24.5. The van der Waals surface area contributed by atoms with Crippen molar-refractivity contribution in [3.8, 4) is 0 Å². The number of rotatable bonds is 11. The second kappa shape index (κ2) is 11.4. The van der Waals surface area contributed by atoms with E-state index >= 15 is 0 Å². The molecule has 3 atom stereocenters. The van der Waals surface area contributed by atoms with Crippen LogP contribution in [0.5, 0.6) is 0 Å². The van der Waals surface area contributed by atoms with E-state index in [-0.39, 0.29) is 11.8 Å². The molecule has 1 rings (SSSR count). The monoisotopic (exact) mass is 354 g/mol. The lowest BCUT2D eigenvalue weighted by Crippen LogP contribution is -2.16. The number of carboxylic acid groups (broad SMARTS) is 1. The highest BCUT2D eigenvalue weighted by Crippen LogP contribution is 2.40. The van der Waals surface area contributed by atoms with Crippen molar-refractivity contribution in [1.82, 2.24) is 0 Å². The molecule has 1 N–H and O–H groups in total. The Bertz CT molecular complexity index is 468. The number of hydrogen-bond acceptors (Lipinski definition) is 2. The van der Waals surface area contributed by atoms with Gasteiger partial charge in [0.1, 0.15) is 0 Å². The predicted octanol–water partition coefficient (Wildman–Crippen LogP) is 5.71. The lowest BCUT2D eigenvalue weighted by Gasteiger charge is -2.20. The van der Waals surface area contributed by atoms with Crippen LogP contribution in [0.15, 0.2) is 36.1 Å². The molecule has 0 radical (unpaired) electrons. The first-order valence-electron chi connectivity index (χ1n) is 8.87. The summed E-state index contributed by atoms with van der Waals surface area (Å²) in [6.07, 6.45) is 12.2. The van der Waals surface area contributed by atoms with Gasteiger partial charge in [0.25, 0.3) is 0 Å². The molecule has 4 heteroatoms. The zero-order chi connectivity index (χ0) is 17.9. The molecule has 1 aliphatic rings. The Kier molecular flexibility index (Phi) is 9.85. The fourth-order valence-electron chi connectivity index (χ4n) is 3.30. The summed E-state index contributed by atoms with van der Waals surface area (Å²) >= 11 is 6.49. The number of aliphatic carboxylic acids is 1. The molecule has 24 heavy (non-hydrogen) atoms. The van der Waals surface area contributed by atoms with Crippen LogP contribution in [-0.4, -0.2) is 23.1 Å². The van der Waals surface area contributed by atoms with Crippen molar-refractivity contribution in [3.05, 3.63) is 36.1 Å². The third-order valence-electron chi connectivity index (χ3n) is 4.49. The summed E-state index contributed by atoms with van der Waals surface area (Å²) in [6, 6.07) is 0. The van der Waals surface area contributed by atoms with Crippen LogP contribution < -0.4 is 0 Å². The third kappa shape index (κ3) is 8.58. The lowest BCUT2D eigenvalue weighted by molar-refractivity contribution is -0.137. The molecule has 1 unspecified atom stereocenters. The molecular formula is C20H31ClO3. The van der Waals surface area contributed by atoms with E-state index in [2.05, 4.69) is 18.7 Å². The van der Waals surface area contributed by atoms with Crippen LogP contribution in [0.25, 0.3) is 0 Å². The minimum atomic E-state index is -0.726. The van der Waals surface area contributed by atoms with E-state index in [1.807, 2.05) is 19.9 Å². The van der Waals surface area contributed by atoms with Crippen LogP contribution in [0.3, 0.4) is 0 Å². The number of carboxylic acids is 1. The van der Waals surface area contributed by atoms with Crippen LogP contribution in [0.2, 0.25) is 0 Å². The summed E-state index contributed by atoms with van der Waals surface area (Å²) in [5, 5.41) is 8.86. The SMILES string of the molecule is C=C(C)/C=C(\C)OCCC1CC[C@@H](Cl)[C@@H]1C/C=C\CCCC(=O)O. The van der Waals surface area contributed by atoms with E-state index in [0.717, 1.165) is 50.0 Å². The van der Waals surface area contributed by atoms with Gasteiger partial charge in [-0.1, -0.05) is 24.3 Å². The predicted molar refractivity (Wildman–Crippen MR) is 100 cm³/mol. The zero-order valence-electron chi connectivity index (χ0n) is 15.0. The highest BCUT2D eigenvalue weighted by molar-refractivity contribution is 6.21. The van der Waals surface area contributed by atoms with Crippen molar-refractivity contribution in [3.63, 3.8) is 0 Å². The molecule has 0 bridgehead atoms. The molecule has 1 saturated carbocycles. The van der Waals surface area contributed by atoms with E-state index in [1.54, 1.807) is 0 Å². The summed E-state index contributed by atoms with van der Waals surface area (Å²) in [5.74, 6) is 1.29. The number of unbranched alkanes of at least 4 members (excludes halogenated alkanes) is 1. The van der Waals surface area contributed by atoms with E-state index in [1.165, 1.54) is 0 Å². The van der Waals surface area contributed by atoms with Gasteiger partial charge in [0.05, 0.1) is 12.4 Å².